The molecule has 4 heterocycles. The van der Waals surface area contributed by atoms with Crippen molar-refractivity contribution in [1.29, 1.82) is 0 Å². The Labute approximate surface area is 187 Å². The maximum atomic E-state index is 12.7. The van der Waals surface area contributed by atoms with Crippen molar-refractivity contribution in [1.82, 2.24) is 25.0 Å². The maximum Gasteiger partial charge on any atom is 0.287 e. The quantitative estimate of drug-likeness (QED) is 0.642. The van der Waals surface area contributed by atoms with Crippen molar-refractivity contribution < 1.29 is 14.0 Å². The van der Waals surface area contributed by atoms with Crippen LogP contribution in [0.5, 0.6) is 0 Å². The molecule has 2 fully saturated rings. The van der Waals surface area contributed by atoms with Gasteiger partial charge in [0.25, 0.3) is 5.91 Å². The summed E-state index contributed by atoms with van der Waals surface area (Å²) in [6.45, 7) is 6.88. The van der Waals surface area contributed by atoms with Gasteiger partial charge in [0.1, 0.15) is 0 Å². The van der Waals surface area contributed by atoms with Gasteiger partial charge in [-0.05, 0) is 62.6 Å². The number of aryl methyl sites for hydroxylation is 3. The van der Waals surface area contributed by atoms with Gasteiger partial charge in [0.2, 0.25) is 5.91 Å². The summed E-state index contributed by atoms with van der Waals surface area (Å²) >= 11 is 0. The lowest BCUT2D eigenvalue weighted by Crippen LogP contribution is -2.40. The Hall–Kier alpha value is -3.16. The minimum absolute atomic E-state index is 0.181. The van der Waals surface area contributed by atoms with Crippen molar-refractivity contribution >= 4 is 22.8 Å². The molecule has 1 saturated heterocycles. The van der Waals surface area contributed by atoms with E-state index in [9.17, 15) is 9.59 Å². The number of rotatable bonds is 6. The zero-order chi connectivity index (χ0) is 22.3. The van der Waals surface area contributed by atoms with E-state index in [1.807, 2.05) is 35.6 Å². The standard InChI is InChI=1S/C24H29N5O3/c1-16-11-17(2)29(27-16)8-4-22(30)28-9-5-24(6-10-28)13-19(24)14-26-23(31)20-12-18-3-7-25-15-21(18)32-20/h3,7,11-12,15,19H,4-6,8-10,13-14H2,1-2H3,(H,26,31). The summed E-state index contributed by atoms with van der Waals surface area (Å²) in [5, 5.41) is 8.35. The lowest BCUT2D eigenvalue weighted by molar-refractivity contribution is -0.133. The number of hydrogen-bond acceptors (Lipinski definition) is 5. The molecule has 0 radical (unpaired) electrons. The van der Waals surface area contributed by atoms with Crippen LogP contribution in [0.3, 0.4) is 0 Å². The first kappa shape index (κ1) is 20.7. The van der Waals surface area contributed by atoms with Crippen LogP contribution in [0.2, 0.25) is 0 Å². The predicted molar refractivity (Wildman–Crippen MR) is 119 cm³/mol. The highest BCUT2D eigenvalue weighted by molar-refractivity contribution is 5.95. The largest absolute Gasteiger partial charge is 0.449 e. The molecule has 1 aliphatic carbocycles. The molecule has 1 spiro atoms. The van der Waals surface area contributed by atoms with Crippen LogP contribution in [0.4, 0.5) is 0 Å². The summed E-state index contributed by atoms with van der Waals surface area (Å²) < 4.78 is 7.51. The first-order valence-corrected chi connectivity index (χ1v) is 11.3. The van der Waals surface area contributed by atoms with Crippen LogP contribution >= 0.6 is 0 Å². The topological polar surface area (TPSA) is 93.3 Å². The van der Waals surface area contributed by atoms with E-state index in [-0.39, 0.29) is 17.2 Å². The molecule has 8 heteroatoms. The summed E-state index contributed by atoms with van der Waals surface area (Å²) in [4.78, 5) is 31.2. The second-order valence-corrected chi connectivity index (χ2v) is 9.28. The van der Waals surface area contributed by atoms with Gasteiger partial charge < -0.3 is 14.6 Å². The fourth-order valence-electron chi connectivity index (χ4n) is 5.09. The average molecular weight is 436 g/mol. The van der Waals surface area contributed by atoms with Crippen molar-refractivity contribution in [3.8, 4) is 0 Å². The molecule has 1 saturated carbocycles. The number of carbonyl (C=O) groups excluding carboxylic acids is 2. The van der Waals surface area contributed by atoms with Crippen molar-refractivity contribution in [2.24, 2.45) is 11.3 Å². The molecule has 1 N–H and O–H groups in total. The van der Waals surface area contributed by atoms with E-state index in [1.165, 1.54) is 0 Å². The van der Waals surface area contributed by atoms with Gasteiger partial charge in [-0.25, -0.2) is 0 Å². The van der Waals surface area contributed by atoms with E-state index in [2.05, 4.69) is 15.4 Å². The highest BCUT2D eigenvalue weighted by Crippen LogP contribution is 2.59. The number of pyridine rings is 1. The van der Waals surface area contributed by atoms with Gasteiger partial charge >= 0.3 is 0 Å². The van der Waals surface area contributed by atoms with Crippen molar-refractivity contribution in [2.45, 2.75) is 46.1 Å². The zero-order valence-corrected chi connectivity index (χ0v) is 18.6. The van der Waals surface area contributed by atoms with Crippen molar-refractivity contribution in [3.63, 3.8) is 0 Å². The molecule has 3 aromatic heterocycles. The highest BCUT2D eigenvalue weighted by atomic mass is 16.3. The minimum Gasteiger partial charge on any atom is -0.449 e. The second-order valence-electron chi connectivity index (χ2n) is 9.28. The van der Waals surface area contributed by atoms with Gasteiger partial charge in [-0.3, -0.25) is 19.3 Å². The highest BCUT2D eigenvalue weighted by Gasteiger charge is 2.54. The summed E-state index contributed by atoms with van der Waals surface area (Å²) in [5.41, 5.74) is 2.97. The van der Waals surface area contributed by atoms with E-state index in [0.717, 1.165) is 49.1 Å². The van der Waals surface area contributed by atoms with Gasteiger partial charge in [0.15, 0.2) is 11.3 Å². The number of nitrogens with one attached hydrogen (secondary N) is 1. The van der Waals surface area contributed by atoms with Crippen LogP contribution in [-0.4, -0.2) is 51.1 Å². The zero-order valence-electron chi connectivity index (χ0n) is 18.6. The van der Waals surface area contributed by atoms with Gasteiger partial charge in [-0.1, -0.05) is 0 Å². The van der Waals surface area contributed by atoms with Gasteiger partial charge in [0, 0.05) is 49.9 Å². The monoisotopic (exact) mass is 435 g/mol. The normalized spacial score (nSPS) is 19.4. The lowest BCUT2D eigenvalue weighted by Gasteiger charge is -2.33. The van der Waals surface area contributed by atoms with Crippen LogP contribution in [0, 0.1) is 25.2 Å². The summed E-state index contributed by atoms with van der Waals surface area (Å²) in [7, 11) is 0. The number of amides is 2. The Morgan fingerprint density at radius 1 is 1.25 bits per heavy atom. The van der Waals surface area contributed by atoms with E-state index in [4.69, 9.17) is 4.42 Å². The van der Waals surface area contributed by atoms with Gasteiger partial charge in [-0.2, -0.15) is 5.10 Å². The molecule has 0 bridgehead atoms. The molecule has 1 unspecified atom stereocenters. The molecule has 5 rings (SSSR count). The molecule has 168 valence electrons. The second kappa shape index (κ2) is 8.07. The number of fused-ring (bicyclic) bond motifs is 1. The molecule has 3 aromatic rings. The summed E-state index contributed by atoms with van der Waals surface area (Å²) in [6, 6.07) is 5.62. The molecule has 1 aliphatic heterocycles. The Morgan fingerprint density at radius 3 is 2.78 bits per heavy atom. The third-order valence-corrected chi connectivity index (χ3v) is 7.17. The fraction of sp³-hybridized carbons (Fsp3) is 0.500. The lowest BCUT2D eigenvalue weighted by atomic mass is 9.90. The molecular weight excluding hydrogens is 406 g/mol. The Kier molecular flexibility index (Phi) is 5.23. The SMILES string of the molecule is Cc1cc(C)n(CCC(=O)N2CCC3(CC2)CC3CNC(=O)c2cc3ccncc3o2)n1. The first-order valence-electron chi connectivity index (χ1n) is 11.3. The van der Waals surface area contributed by atoms with E-state index >= 15 is 0 Å². The number of piperidine rings is 1. The van der Waals surface area contributed by atoms with Crippen LogP contribution in [0.25, 0.3) is 11.0 Å². The number of nitrogens with zero attached hydrogens (tertiary/aromatic N) is 4. The molecular formula is C24H29N5O3. The van der Waals surface area contributed by atoms with Crippen LogP contribution in [0.15, 0.2) is 35.0 Å². The maximum absolute atomic E-state index is 12.7. The number of furan rings is 1. The third kappa shape index (κ3) is 4.01. The van der Waals surface area contributed by atoms with Gasteiger partial charge in [-0.15, -0.1) is 0 Å². The predicted octanol–water partition coefficient (Wildman–Crippen LogP) is 3.09. The molecule has 32 heavy (non-hydrogen) atoms. The van der Waals surface area contributed by atoms with Crippen LogP contribution in [-0.2, 0) is 11.3 Å². The Bertz CT molecular complexity index is 1120. The van der Waals surface area contributed by atoms with Crippen LogP contribution < -0.4 is 5.32 Å². The molecule has 2 aliphatic rings. The van der Waals surface area contributed by atoms with E-state index < -0.39 is 0 Å². The Morgan fingerprint density at radius 2 is 2.06 bits per heavy atom. The third-order valence-electron chi connectivity index (χ3n) is 7.17. The van der Waals surface area contributed by atoms with E-state index in [1.54, 1.807) is 18.5 Å². The number of hydrogen-bond donors (Lipinski definition) is 1. The molecule has 8 nitrogen and oxygen atoms in total. The number of carbonyl (C=O) groups is 2. The molecule has 1 atom stereocenters. The smallest absolute Gasteiger partial charge is 0.287 e. The summed E-state index contributed by atoms with van der Waals surface area (Å²) in [5.74, 6) is 0.826. The minimum atomic E-state index is -0.181. The Balaban J connectivity index is 1.07. The fourth-order valence-corrected chi connectivity index (χ4v) is 5.09. The molecule has 2 amide bonds. The van der Waals surface area contributed by atoms with E-state index in [0.29, 0.717) is 36.8 Å². The summed E-state index contributed by atoms with van der Waals surface area (Å²) in [6.07, 6.45) is 6.93. The number of aromatic nitrogens is 3. The van der Waals surface area contributed by atoms with Crippen molar-refractivity contribution in [2.75, 3.05) is 19.6 Å². The number of likely N-dealkylation sites (tertiary alicyclic amines) is 1. The van der Waals surface area contributed by atoms with Crippen molar-refractivity contribution in [3.05, 3.63) is 47.7 Å². The van der Waals surface area contributed by atoms with Gasteiger partial charge in [0.05, 0.1) is 11.9 Å². The average Bonchev–Trinajstić information content (AvgIpc) is 3.11. The van der Waals surface area contributed by atoms with Crippen LogP contribution in [0.1, 0.15) is 47.6 Å². The first-order chi connectivity index (χ1) is 15.4. The molecule has 0 aromatic carbocycles.